The third kappa shape index (κ3) is 3.85. The van der Waals surface area contributed by atoms with Gasteiger partial charge in [0.25, 0.3) is 0 Å². The van der Waals surface area contributed by atoms with Crippen LogP contribution < -0.4 is 5.32 Å². The fraction of sp³-hybridized carbons (Fsp3) is 0.611. The summed E-state index contributed by atoms with van der Waals surface area (Å²) in [5.74, 6) is 1.59. The first-order valence-electron chi connectivity index (χ1n) is 8.28. The van der Waals surface area contributed by atoms with Crippen LogP contribution in [0.5, 0.6) is 0 Å². The molecule has 21 heavy (non-hydrogen) atoms. The van der Waals surface area contributed by atoms with Crippen molar-refractivity contribution >= 4 is 5.91 Å². The Balaban J connectivity index is 1.67. The zero-order valence-electron chi connectivity index (χ0n) is 12.9. The van der Waals surface area contributed by atoms with Crippen LogP contribution in [0, 0.1) is 11.8 Å². The molecule has 1 aliphatic carbocycles. The lowest BCUT2D eigenvalue weighted by Gasteiger charge is -2.30. The Labute approximate surface area is 127 Å². The Morgan fingerprint density at radius 3 is 2.67 bits per heavy atom. The molecule has 1 amide bonds. The number of nitrogens with one attached hydrogen (secondary N) is 1. The summed E-state index contributed by atoms with van der Waals surface area (Å²) >= 11 is 0. The monoisotopic (exact) mass is 286 g/mol. The number of benzene rings is 1. The number of nitrogens with zero attached hydrogens (tertiary/aromatic N) is 1. The van der Waals surface area contributed by atoms with Gasteiger partial charge in [-0.2, -0.15) is 0 Å². The van der Waals surface area contributed by atoms with Gasteiger partial charge in [-0.15, -0.1) is 0 Å². The van der Waals surface area contributed by atoms with Gasteiger partial charge in [0, 0.05) is 19.0 Å². The first-order valence-corrected chi connectivity index (χ1v) is 8.28. The number of rotatable bonds is 6. The number of carbonyl (C=O) groups is 1. The van der Waals surface area contributed by atoms with Crippen molar-refractivity contribution in [1.29, 1.82) is 0 Å². The van der Waals surface area contributed by atoms with Gasteiger partial charge in [0.15, 0.2) is 0 Å². The molecule has 1 saturated heterocycles. The van der Waals surface area contributed by atoms with E-state index in [1.54, 1.807) is 0 Å². The largest absolute Gasteiger partial charge is 0.335 e. The van der Waals surface area contributed by atoms with Crippen LogP contribution in [0.15, 0.2) is 30.3 Å². The van der Waals surface area contributed by atoms with E-state index in [1.807, 2.05) is 6.07 Å². The second-order valence-electron chi connectivity index (χ2n) is 6.65. The Kier molecular flexibility index (Phi) is 4.59. The highest BCUT2D eigenvalue weighted by Crippen LogP contribution is 2.36. The summed E-state index contributed by atoms with van der Waals surface area (Å²) in [6, 6.07) is 10.8. The molecule has 2 unspecified atom stereocenters. The van der Waals surface area contributed by atoms with E-state index in [9.17, 15) is 4.79 Å². The van der Waals surface area contributed by atoms with Crippen molar-refractivity contribution < 1.29 is 4.79 Å². The Morgan fingerprint density at radius 2 is 2.05 bits per heavy atom. The highest BCUT2D eigenvalue weighted by Gasteiger charge is 2.35. The van der Waals surface area contributed by atoms with Gasteiger partial charge in [0.05, 0.1) is 0 Å². The topological polar surface area (TPSA) is 32.3 Å². The summed E-state index contributed by atoms with van der Waals surface area (Å²) < 4.78 is 0. The molecule has 1 aromatic carbocycles. The van der Waals surface area contributed by atoms with E-state index >= 15 is 0 Å². The minimum absolute atomic E-state index is 0.340. The van der Waals surface area contributed by atoms with Crippen LogP contribution in [0.25, 0.3) is 0 Å². The van der Waals surface area contributed by atoms with E-state index in [0.717, 1.165) is 32.0 Å². The fourth-order valence-corrected chi connectivity index (χ4v) is 3.33. The van der Waals surface area contributed by atoms with E-state index in [0.29, 0.717) is 24.3 Å². The van der Waals surface area contributed by atoms with Gasteiger partial charge in [-0.25, -0.2) is 0 Å². The van der Waals surface area contributed by atoms with Crippen molar-refractivity contribution in [2.75, 3.05) is 13.1 Å². The summed E-state index contributed by atoms with van der Waals surface area (Å²) in [6.07, 6.45) is 4.41. The molecule has 1 heterocycles. The minimum Gasteiger partial charge on any atom is -0.335 e. The lowest BCUT2D eigenvalue weighted by Crippen LogP contribution is -2.40. The van der Waals surface area contributed by atoms with Crippen LogP contribution in [-0.4, -0.2) is 29.9 Å². The smallest absolute Gasteiger partial charge is 0.223 e. The maximum absolute atomic E-state index is 12.8. The van der Waals surface area contributed by atoms with Crippen molar-refractivity contribution in [3.63, 3.8) is 0 Å². The zero-order chi connectivity index (χ0) is 14.7. The SMILES string of the molecule is CC(C1CC1)N(Cc1ccccc1)C(=O)CC1CCNC1. The fourth-order valence-electron chi connectivity index (χ4n) is 3.33. The predicted molar refractivity (Wildman–Crippen MR) is 84.8 cm³/mol. The predicted octanol–water partition coefficient (Wildman–Crippen LogP) is 2.81. The van der Waals surface area contributed by atoms with Gasteiger partial charge >= 0.3 is 0 Å². The molecule has 0 radical (unpaired) electrons. The van der Waals surface area contributed by atoms with Gasteiger partial charge < -0.3 is 10.2 Å². The average Bonchev–Trinajstić information content (AvgIpc) is 3.23. The third-order valence-electron chi connectivity index (χ3n) is 4.94. The van der Waals surface area contributed by atoms with Crippen LogP contribution in [-0.2, 0) is 11.3 Å². The molecule has 2 aliphatic rings. The summed E-state index contributed by atoms with van der Waals surface area (Å²) in [5, 5.41) is 3.36. The number of hydrogen-bond donors (Lipinski definition) is 1. The lowest BCUT2D eigenvalue weighted by molar-refractivity contribution is -0.135. The Bertz CT molecular complexity index is 463. The second-order valence-corrected chi connectivity index (χ2v) is 6.65. The van der Waals surface area contributed by atoms with Crippen molar-refractivity contribution in [2.45, 2.75) is 45.2 Å². The molecule has 2 fully saturated rings. The van der Waals surface area contributed by atoms with Crippen molar-refractivity contribution in [2.24, 2.45) is 11.8 Å². The summed E-state index contributed by atoms with van der Waals surface area (Å²) in [5.41, 5.74) is 1.24. The molecule has 0 spiro atoms. The maximum atomic E-state index is 12.8. The molecule has 2 atom stereocenters. The Hall–Kier alpha value is -1.35. The molecule has 3 rings (SSSR count). The summed E-state index contributed by atoms with van der Waals surface area (Å²) in [6.45, 7) is 5.06. The highest BCUT2D eigenvalue weighted by atomic mass is 16.2. The van der Waals surface area contributed by atoms with E-state index in [1.165, 1.54) is 18.4 Å². The normalized spacial score (nSPS) is 23.0. The molecule has 1 aromatic rings. The van der Waals surface area contributed by atoms with Gasteiger partial charge in [0.2, 0.25) is 5.91 Å². The molecule has 3 heteroatoms. The maximum Gasteiger partial charge on any atom is 0.223 e. The van der Waals surface area contributed by atoms with Crippen LogP contribution in [0.1, 0.15) is 38.2 Å². The van der Waals surface area contributed by atoms with Gasteiger partial charge in [-0.05, 0) is 56.7 Å². The van der Waals surface area contributed by atoms with Crippen LogP contribution in [0.2, 0.25) is 0 Å². The Morgan fingerprint density at radius 1 is 1.29 bits per heavy atom. The summed E-state index contributed by atoms with van der Waals surface area (Å²) in [4.78, 5) is 14.9. The molecular formula is C18H26N2O. The van der Waals surface area contributed by atoms with Gasteiger partial charge in [0.1, 0.15) is 0 Å². The average molecular weight is 286 g/mol. The highest BCUT2D eigenvalue weighted by molar-refractivity contribution is 5.77. The minimum atomic E-state index is 0.340. The third-order valence-corrected chi connectivity index (χ3v) is 4.94. The lowest BCUT2D eigenvalue weighted by atomic mass is 10.0. The molecule has 1 N–H and O–H groups in total. The number of amides is 1. The molecule has 1 aliphatic heterocycles. The standard InChI is InChI=1S/C18H26N2O/c1-14(17-7-8-17)20(13-15-5-3-2-4-6-15)18(21)11-16-9-10-19-12-16/h2-6,14,16-17,19H,7-13H2,1H3. The number of hydrogen-bond acceptors (Lipinski definition) is 2. The molecule has 1 saturated carbocycles. The zero-order valence-corrected chi connectivity index (χ0v) is 12.9. The molecule has 114 valence electrons. The van der Waals surface area contributed by atoms with E-state index < -0.39 is 0 Å². The van der Waals surface area contributed by atoms with Crippen LogP contribution in [0.3, 0.4) is 0 Å². The van der Waals surface area contributed by atoms with Crippen LogP contribution in [0.4, 0.5) is 0 Å². The van der Waals surface area contributed by atoms with Gasteiger partial charge in [-0.1, -0.05) is 30.3 Å². The van der Waals surface area contributed by atoms with Crippen molar-refractivity contribution in [3.8, 4) is 0 Å². The van der Waals surface area contributed by atoms with Crippen molar-refractivity contribution in [3.05, 3.63) is 35.9 Å². The van der Waals surface area contributed by atoms with E-state index in [-0.39, 0.29) is 0 Å². The van der Waals surface area contributed by atoms with E-state index in [2.05, 4.69) is 41.4 Å². The van der Waals surface area contributed by atoms with Crippen LogP contribution >= 0.6 is 0 Å². The number of carbonyl (C=O) groups excluding carboxylic acids is 1. The first-order chi connectivity index (χ1) is 10.2. The molecular weight excluding hydrogens is 260 g/mol. The van der Waals surface area contributed by atoms with Gasteiger partial charge in [-0.3, -0.25) is 4.79 Å². The first kappa shape index (κ1) is 14.6. The quantitative estimate of drug-likeness (QED) is 0.872. The van der Waals surface area contributed by atoms with Crippen molar-refractivity contribution in [1.82, 2.24) is 10.2 Å². The summed E-state index contributed by atoms with van der Waals surface area (Å²) in [7, 11) is 0. The molecule has 0 aromatic heterocycles. The molecule has 3 nitrogen and oxygen atoms in total. The second kappa shape index (κ2) is 6.61. The van der Waals surface area contributed by atoms with E-state index in [4.69, 9.17) is 0 Å². The molecule has 0 bridgehead atoms.